The highest BCUT2D eigenvalue weighted by molar-refractivity contribution is 7.89. The minimum absolute atomic E-state index is 0.0288. The van der Waals surface area contributed by atoms with Gasteiger partial charge in [0.25, 0.3) is 5.91 Å². The highest BCUT2D eigenvalue weighted by atomic mass is 35.5. The number of hydrogen-bond acceptors (Lipinski definition) is 7. The van der Waals surface area contributed by atoms with Crippen LogP contribution in [-0.4, -0.2) is 51.0 Å². The van der Waals surface area contributed by atoms with Crippen molar-refractivity contribution >= 4 is 39.1 Å². The summed E-state index contributed by atoms with van der Waals surface area (Å²) in [6, 6.07) is 8.11. The van der Waals surface area contributed by atoms with Crippen molar-refractivity contribution < 1.29 is 32.2 Å². The molecule has 0 saturated carbocycles. The van der Waals surface area contributed by atoms with Gasteiger partial charge in [0, 0.05) is 25.7 Å². The molecule has 34 heavy (non-hydrogen) atoms. The number of halogens is 1. The lowest BCUT2D eigenvalue weighted by molar-refractivity contribution is -0.126. The molecule has 10 nitrogen and oxygen atoms in total. The minimum Gasteiger partial charge on any atom is -0.482 e. The molecule has 2 amide bonds. The number of carbonyl (C=O) groups excluding carboxylic acids is 2. The molecule has 3 heterocycles. The largest absolute Gasteiger partial charge is 0.482 e. The Labute approximate surface area is 201 Å². The van der Waals surface area contributed by atoms with Gasteiger partial charge in [0.2, 0.25) is 22.7 Å². The van der Waals surface area contributed by atoms with Gasteiger partial charge in [-0.2, -0.15) is 4.31 Å². The lowest BCUT2D eigenvalue weighted by atomic mass is 9.98. The number of anilines is 1. The molecular formula is C22H22ClN3O7S. The molecule has 3 aliphatic heterocycles. The fourth-order valence-electron chi connectivity index (χ4n) is 4.18. The maximum atomic E-state index is 13.4. The highest BCUT2D eigenvalue weighted by Crippen LogP contribution is 2.37. The van der Waals surface area contributed by atoms with Crippen LogP contribution in [0.1, 0.15) is 18.4 Å². The summed E-state index contributed by atoms with van der Waals surface area (Å²) in [4.78, 5) is 24.2. The van der Waals surface area contributed by atoms with Crippen molar-refractivity contribution in [3.8, 4) is 17.2 Å². The van der Waals surface area contributed by atoms with Crippen LogP contribution >= 0.6 is 11.6 Å². The zero-order valence-electron chi connectivity index (χ0n) is 18.0. The third-order valence-corrected chi connectivity index (χ3v) is 8.27. The van der Waals surface area contributed by atoms with Gasteiger partial charge in [-0.25, -0.2) is 8.42 Å². The molecule has 1 unspecified atom stereocenters. The van der Waals surface area contributed by atoms with Crippen molar-refractivity contribution in [3.63, 3.8) is 0 Å². The maximum absolute atomic E-state index is 13.4. The number of rotatable bonds is 5. The Kier molecular flexibility index (Phi) is 6.00. The molecule has 2 aromatic rings. The van der Waals surface area contributed by atoms with Gasteiger partial charge in [0.15, 0.2) is 18.1 Å². The van der Waals surface area contributed by atoms with Crippen molar-refractivity contribution in [1.29, 1.82) is 0 Å². The number of sulfonamides is 1. The molecule has 0 spiro atoms. The summed E-state index contributed by atoms with van der Waals surface area (Å²) >= 11 is 6.26. The normalized spacial score (nSPS) is 19.7. The van der Waals surface area contributed by atoms with Crippen molar-refractivity contribution in [1.82, 2.24) is 9.62 Å². The highest BCUT2D eigenvalue weighted by Gasteiger charge is 2.35. The van der Waals surface area contributed by atoms with E-state index in [1.165, 1.54) is 16.4 Å². The van der Waals surface area contributed by atoms with E-state index in [9.17, 15) is 18.0 Å². The average Bonchev–Trinajstić information content (AvgIpc) is 3.30. The molecule has 5 rings (SSSR count). The molecule has 0 bridgehead atoms. The zero-order chi connectivity index (χ0) is 23.9. The first-order valence-corrected chi connectivity index (χ1v) is 12.6. The smallest absolute Gasteiger partial charge is 0.262 e. The molecule has 1 saturated heterocycles. The fraction of sp³-hybridized carbons (Fsp3) is 0.364. The second-order valence-electron chi connectivity index (χ2n) is 8.22. The van der Waals surface area contributed by atoms with Crippen LogP contribution in [0.15, 0.2) is 35.2 Å². The zero-order valence-corrected chi connectivity index (χ0v) is 19.6. The SMILES string of the molecule is O=C1COc2cc(S(=O)(=O)N3CCCC(C(=O)NCc4ccc5c(c4)OCO5)C3)c(Cl)cc2N1. The first-order valence-electron chi connectivity index (χ1n) is 10.7. The molecule has 12 heteroatoms. The first kappa shape index (κ1) is 22.8. The molecule has 1 fully saturated rings. The summed E-state index contributed by atoms with van der Waals surface area (Å²) in [5.74, 6) is 0.469. The molecular weight excluding hydrogens is 486 g/mol. The number of piperidine rings is 1. The van der Waals surface area contributed by atoms with Gasteiger partial charge >= 0.3 is 0 Å². The van der Waals surface area contributed by atoms with E-state index in [1.807, 2.05) is 12.1 Å². The van der Waals surface area contributed by atoms with Crippen molar-refractivity contribution in [2.45, 2.75) is 24.3 Å². The van der Waals surface area contributed by atoms with Crippen LogP contribution in [0.3, 0.4) is 0 Å². The quantitative estimate of drug-likeness (QED) is 0.635. The van der Waals surface area contributed by atoms with E-state index in [0.717, 1.165) is 5.56 Å². The molecule has 1 atom stereocenters. The molecule has 0 aromatic heterocycles. The van der Waals surface area contributed by atoms with Crippen LogP contribution in [-0.2, 0) is 26.2 Å². The van der Waals surface area contributed by atoms with Crippen LogP contribution in [0.5, 0.6) is 17.2 Å². The van der Waals surface area contributed by atoms with E-state index in [2.05, 4.69) is 10.6 Å². The second kappa shape index (κ2) is 8.97. The monoisotopic (exact) mass is 507 g/mol. The number of ether oxygens (including phenoxy) is 3. The number of benzene rings is 2. The van der Waals surface area contributed by atoms with E-state index in [-0.39, 0.29) is 54.0 Å². The Morgan fingerprint density at radius 2 is 1.97 bits per heavy atom. The Hall–Kier alpha value is -3.02. The second-order valence-corrected chi connectivity index (χ2v) is 10.5. The number of fused-ring (bicyclic) bond motifs is 2. The number of carbonyl (C=O) groups is 2. The third kappa shape index (κ3) is 4.38. The van der Waals surface area contributed by atoms with Gasteiger partial charge in [-0.05, 0) is 36.6 Å². The van der Waals surface area contributed by atoms with Gasteiger partial charge < -0.3 is 24.8 Å². The van der Waals surface area contributed by atoms with Crippen LogP contribution in [0.25, 0.3) is 0 Å². The summed E-state index contributed by atoms with van der Waals surface area (Å²) in [5, 5.41) is 5.45. The van der Waals surface area contributed by atoms with Gasteiger partial charge in [-0.15, -0.1) is 0 Å². The van der Waals surface area contributed by atoms with Crippen LogP contribution in [0, 0.1) is 5.92 Å². The van der Waals surface area contributed by atoms with Crippen molar-refractivity contribution in [2.75, 3.05) is 31.8 Å². The van der Waals surface area contributed by atoms with Gasteiger partial charge in [-0.3, -0.25) is 9.59 Å². The summed E-state index contributed by atoms with van der Waals surface area (Å²) in [5.41, 5.74) is 1.17. The summed E-state index contributed by atoms with van der Waals surface area (Å²) < 4.78 is 44.0. The number of nitrogens with zero attached hydrogens (tertiary/aromatic N) is 1. The minimum atomic E-state index is -3.98. The predicted octanol–water partition coefficient (Wildman–Crippen LogP) is 2.12. The maximum Gasteiger partial charge on any atom is 0.262 e. The Balaban J connectivity index is 1.27. The van der Waals surface area contributed by atoms with Crippen LogP contribution in [0.2, 0.25) is 5.02 Å². The van der Waals surface area contributed by atoms with E-state index in [0.29, 0.717) is 36.6 Å². The molecule has 2 N–H and O–H groups in total. The summed E-state index contributed by atoms with van der Waals surface area (Å²) in [6.45, 7) is 0.577. The Morgan fingerprint density at radius 1 is 1.15 bits per heavy atom. The summed E-state index contributed by atoms with van der Waals surface area (Å²) in [7, 11) is -3.98. The predicted molar refractivity (Wildman–Crippen MR) is 121 cm³/mol. The van der Waals surface area contributed by atoms with Gasteiger partial charge in [0.1, 0.15) is 10.6 Å². The molecule has 2 aromatic carbocycles. The number of hydrogen-bond donors (Lipinski definition) is 2. The topological polar surface area (TPSA) is 123 Å². The Bertz CT molecular complexity index is 1270. The van der Waals surface area contributed by atoms with Gasteiger partial charge in [-0.1, -0.05) is 17.7 Å². The molecule has 0 aliphatic carbocycles. The average molecular weight is 508 g/mol. The number of nitrogens with one attached hydrogen (secondary N) is 2. The van der Waals surface area contributed by atoms with Gasteiger partial charge in [0.05, 0.1) is 16.6 Å². The molecule has 3 aliphatic rings. The first-order chi connectivity index (χ1) is 16.3. The fourth-order valence-corrected chi connectivity index (χ4v) is 6.22. The molecule has 180 valence electrons. The van der Waals surface area contributed by atoms with E-state index < -0.39 is 15.9 Å². The van der Waals surface area contributed by atoms with E-state index in [1.54, 1.807) is 6.07 Å². The van der Waals surface area contributed by atoms with Crippen LogP contribution < -0.4 is 24.8 Å². The van der Waals surface area contributed by atoms with Crippen molar-refractivity contribution in [2.24, 2.45) is 5.92 Å². The lowest BCUT2D eigenvalue weighted by Gasteiger charge is -2.31. The Morgan fingerprint density at radius 3 is 2.82 bits per heavy atom. The van der Waals surface area contributed by atoms with E-state index in [4.69, 9.17) is 25.8 Å². The lowest BCUT2D eigenvalue weighted by Crippen LogP contribution is -2.45. The van der Waals surface area contributed by atoms with E-state index >= 15 is 0 Å². The summed E-state index contributed by atoms with van der Waals surface area (Å²) in [6.07, 6.45) is 1.11. The number of amides is 2. The molecule has 0 radical (unpaired) electrons. The van der Waals surface area contributed by atoms with Crippen LogP contribution in [0.4, 0.5) is 5.69 Å². The third-order valence-electron chi connectivity index (χ3n) is 5.94. The van der Waals surface area contributed by atoms with Crippen molar-refractivity contribution in [3.05, 3.63) is 40.9 Å². The standard InChI is InChI=1S/C22H22ClN3O7S/c23-15-7-16-18(31-11-21(27)25-16)8-20(15)34(29,30)26-5-1-2-14(10-26)22(28)24-9-13-3-4-17-19(6-13)33-12-32-17/h3-4,6-8,14H,1-2,5,9-12H2,(H,24,28)(H,25,27).